The van der Waals surface area contributed by atoms with Crippen molar-refractivity contribution in [2.24, 2.45) is 4.99 Å². The van der Waals surface area contributed by atoms with Gasteiger partial charge >= 0.3 is 0 Å². The van der Waals surface area contributed by atoms with E-state index in [9.17, 15) is 0 Å². The van der Waals surface area contributed by atoms with Gasteiger partial charge in [-0.1, -0.05) is 65.9 Å². The van der Waals surface area contributed by atoms with Crippen LogP contribution in [0.15, 0.2) is 107 Å². The Bertz CT molecular complexity index is 885. The first-order chi connectivity index (χ1) is 12.7. The predicted octanol–water partition coefficient (Wildman–Crippen LogP) is 6.80. The molecule has 0 saturated heterocycles. The van der Waals surface area contributed by atoms with Gasteiger partial charge in [0.15, 0.2) is 0 Å². The molecule has 3 heteroatoms. The fraction of sp³-hybridized carbons (Fsp3) is 0.0870. The lowest BCUT2D eigenvalue weighted by Gasteiger charge is -2.08. The smallest absolute Gasteiger partial charge is 0.126 e. The van der Waals surface area contributed by atoms with Crippen LogP contribution >= 0.6 is 11.8 Å². The van der Waals surface area contributed by atoms with Gasteiger partial charge in [0.2, 0.25) is 0 Å². The van der Waals surface area contributed by atoms with Crippen LogP contribution in [0.25, 0.3) is 0 Å². The van der Waals surface area contributed by atoms with Crippen LogP contribution in [0.3, 0.4) is 0 Å². The highest BCUT2D eigenvalue weighted by Crippen LogP contribution is 2.26. The summed E-state index contributed by atoms with van der Waals surface area (Å²) in [4.78, 5) is 5.98. The molecule has 130 valence electrons. The number of para-hydroxylation sites is 1. The number of thioether (sulfide) groups is 1. The van der Waals surface area contributed by atoms with Crippen LogP contribution in [0.2, 0.25) is 0 Å². The molecule has 0 atom stereocenters. The van der Waals surface area contributed by atoms with Gasteiger partial charge < -0.3 is 4.74 Å². The molecule has 2 nitrogen and oxygen atoms in total. The molecular formula is C23H21NOS. The van der Waals surface area contributed by atoms with Gasteiger partial charge in [-0.2, -0.15) is 0 Å². The SMILES string of the molecule is C/C(=C\Oc1ccccc1)C(=Nc1ccc(C)cc1)Sc1ccccc1. The van der Waals surface area contributed by atoms with Crippen molar-refractivity contribution in [1.29, 1.82) is 0 Å². The summed E-state index contributed by atoms with van der Waals surface area (Å²) >= 11 is 1.63. The number of nitrogens with zero attached hydrogens (tertiary/aromatic N) is 1. The molecule has 0 spiro atoms. The van der Waals surface area contributed by atoms with Gasteiger partial charge in [-0.25, -0.2) is 4.99 Å². The summed E-state index contributed by atoms with van der Waals surface area (Å²) in [6.45, 7) is 4.10. The monoisotopic (exact) mass is 359 g/mol. The van der Waals surface area contributed by atoms with Crippen LogP contribution in [0, 0.1) is 6.92 Å². The van der Waals surface area contributed by atoms with E-state index in [1.165, 1.54) is 5.56 Å². The van der Waals surface area contributed by atoms with Gasteiger partial charge in [0, 0.05) is 10.5 Å². The van der Waals surface area contributed by atoms with E-state index in [2.05, 4.69) is 31.2 Å². The fourth-order valence-corrected chi connectivity index (χ4v) is 3.11. The minimum atomic E-state index is 0.811. The van der Waals surface area contributed by atoms with Crippen molar-refractivity contribution in [1.82, 2.24) is 0 Å². The van der Waals surface area contributed by atoms with E-state index in [0.717, 1.165) is 26.9 Å². The minimum Gasteiger partial charge on any atom is -0.465 e. The zero-order chi connectivity index (χ0) is 18.2. The molecule has 3 aromatic carbocycles. The Morgan fingerprint density at radius 3 is 2.12 bits per heavy atom. The fourth-order valence-electron chi connectivity index (χ4n) is 2.23. The molecule has 0 unspecified atom stereocenters. The largest absolute Gasteiger partial charge is 0.465 e. The molecule has 0 aromatic heterocycles. The highest BCUT2D eigenvalue weighted by Gasteiger charge is 2.07. The van der Waals surface area contributed by atoms with Crippen LogP contribution in [-0.2, 0) is 0 Å². The van der Waals surface area contributed by atoms with E-state index in [1.807, 2.05) is 67.6 Å². The topological polar surface area (TPSA) is 21.6 Å². The second-order valence-electron chi connectivity index (χ2n) is 5.90. The average Bonchev–Trinajstić information content (AvgIpc) is 2.69. The van der Waals surface area contributed by atoms with Crippen LogP contribution in [0.5, 0.6) is 5.75 Å². The van der Waals surface area contributed by atoms with Crippen molar-refractivity contribution in [2.45, 2.75) is 18.7 Å². The third kappa shape index (κ3) is 5.36. The second-order valence-corrected chi connectivity index (χ2v) is 6.96. The summed E-state index contributed by atoms with van der Waals surface area (Å²) in [7, 11) is 0. The quantitative estimate of drug-likeness (QED) is 0.216. The molecule has 0 N–H and O–H groups in total. The maximum Gasteiger partial charge on any atom is 0.126 e. The van der Waals surface area contributed by atoms with Crippen molar-refractivity contribution in [3.8, 4) is 5.75 Å². The van der Waals surface area contributed by atoms with Crippen molar-refractivity contribution in [3.05, 3.63) is 102 Å². The Hall–Kier alpha value is -2.78. The highest BCUT2D eigenvalue weighted by atomic mass is 32.2. The normalized spacial score (nSPS) is 12.1. The lowest BCUT2D eigenvalue weighted by molar-refractivity contribution is 0.478. The van der Waals surface area contributed by atoms with Crippen LogP contribution in [0.4, 0.5) is 5.69 Å². The molecule has 0 saturated carbocycles. The maximum atomic E-state index is 5.79. The molecule has 3 rings (SSSR count). The molecule has 0 amide bonds. The van der Waals surface area contributed by atoms with Crippen molar-refractivity contribution in [2.75, 3.05) is 0 Å². The summed E-state index contributed by atoms with van der Waals surface area (Å²) in [6, 6.07) is 28.2. The molecule has 0 radical (unpaired) electrons. The third-order valence-electron chi connectivity index (χ3n) is 3.67. The number of rotatable bonds is 5. The second kappa shape index (κ2) is 9.07. The summed E-state index contributed by atoms with van der Waals surface area (Å²) in [6.07, 6.45) is 1.76. The number of ether oxygens (including phenoxy) is 1. The van der Waals surface area contributed by atoms with E-state index >= 15 is 0 Å². The van der Waals surface area contributed by atoms with Crippen LogP contribution in [-0.4, -0.2) is 5.04 Å². The predicted molar refractivity (Wildman–Crippen MR) is 111 cm³/mol. The molecule has 0 fully saturated rings. The van der Waals surface area contributed by atoms with Gasteiger partial charge in [0.25, 0.3) is 0 Å². The number of aliphatic imine (C=N–C) groups is 1. The minimum absolute atomic E-state index is 0.811. The Morgan fingerprint density at radius 2 is 1.46 bits per heavy atom. The lowest BCUT2D eigenvalue weighted by Crippen LogP contribution is -1.97. The number of hydrogen-bond donors (Lipinski definition) is 0. The van der Waals surface area contributed by atoms with Crippen molar-refractivity contribution in [3.63, 3.8) is 0 Å². The van der Waals surface area contributed by atoms with Gasteiger partial charge in [0.05, 0.1) is 11.9 Å². The molecule has 26 heavy (non-hydrogen) atoms. The summed E-state index contributed by atoms with van der Waals surface area (Å²) < 4.78 is 5.79. The van der Waals surface area contributed by atoms with Gasteiger partial charge in [-0.15, -0.1) is 0 Å². The van der Waals surface area contributed by atoms with E-state index in [4.69, 9.17) is 9.73 Å². The number of aryl methyl sites for hydroxylation is 1. The van der Waals surface area contributed by atoms with Crippen LogP contribution in [0.1, 0.15) is 12.5 Å². The van der Waals surface area contributed by atoms with Gasteiger partial charge in [0.1, 0.15) is 10.8 Å². The standard InChI is InChI=1S/C23H21NOS/c1-18-13-15-20(16-14-18)24-23(26-22-11-7-4-8-12-22)19(2)17-25-21-9-5-3-6-10-21/h3-17H,1-2H3/b19-17+,24-23?. The van der Waals surface area contributed by atoms with Gasteiger partial charge in [-0.3, -0.25) is 0 Å². The zero-order valence-corrected chi connectivity index (χ0v) is 15.7. The zero-order valence-electron chi connectivity index (χ0n) is 14.9. The first-order valence-corrected chi connectivity index (χ1v) is 9.29. The van der Waals surface area contributed by atoms with E-state index in [0.29, 0.717) is 0 Å². The molecule has 0 aliphatic carbocycles. The molecule has 0 bridgehead atoms. The van der Waals surface area contributed by atoms with E-state index < -0.39 is 0 Å². The molecule has 0 heterocycles. The Labute approximate surface area is 159 Å². The first kappa shape index (κ1) is 18.0. The lowest BCUT2D eigenvalue weighted by atomic mass is 10.2. The summed E-state index contributed by atoms with van der Waals surface area (Å²) in [5.41, 5.74) is 3.13. The van der Waals surface area contributed by atoms with Crippen molar-refractivity contribution < 1.29 is 4.74 Å². The van der Waals surface area contributed by atoms with Crippen molar-refractivity contribution >= 4 is 22.5 Å². The summed E-state index contributed by atoms with van der Waals surface area (Å²) in [5.74, 6) is 0.811. The maximum absolute atomic E-state index is 5.79. The average molecular weight is 359 g/mol. The Morgan fingerprint density at radius 1 is 0.846 bits per heavy atom. The highest BCUT2D eigenvalue weighted by molar-refractivity contribution is 8.14. The van der Waals surface area contributed by atoms with Gasteiger partial charge in [-0.05, 0) is 50.2 Å². The van der Waals surface area contributed by atoms with E-state index in [-0.39, 0.29) is 0 Å². The van der Waals surface area contributed by atoms with E-state index in [1.54, 1.807) is 18.0 Å². The number of benzene rings is 3. The molecule has 0 aliphatic heterocycles. The third-order valence-corrected chi connectivity index (χ3v) is 4.79. The van der Waals surface area contributed by atoms with Crippen LogP contribution < -0.4 is 4.74 Å². The molecule has 0 aliphatic rings. The molecule has 3 aromatic rings. The Kier molecular flexibility index (Phi) is 6.29. The first-order valence-electron chi connectivity index (χ1n) is 8.48. The summed E-state index contributed by atoms with van der Waals surface area (Å²) in [5, 5.41) is 0.913. The molecular weight excluding hydrogens is 338 g/mol. The number of hydrogen-bond acceptors (Lipinski definition) is 3. The Balaban J connectivity index is 1.87.